The molecule has 5 nitrogen and oxygen atoms in total. The van der Waals surface area contributed by atoms with Crippen molar-refractivity contribution < 1.29 is 8.83 Å². The van der Waals surface area contributed by atoms with Crippen LogP contribution in [0.25, 0.3) is 56.2 Å². The second kappa shape index (κ2) is 9.71. The summed E-state index contributed by atoms with van der Waals surface area (Å²) in [6, 6.07) is 44.5. The molecule has 0 saturated carbocycles. The standard InChI is InChI=1S/C41H27N3O2S/c1-41(2)29-10-4-3-9-27(29)28-23-26(17-18-30(28)41)44-33-19-15-24(39-42-31-11-5-7-13-35(31)45-39)21-37(33)47-38-22-25(16-20-34(38)44)40-43-32-12-6-8-14-36(32)46-40/h3-23H,1-2H3. The SMILES string of the molecule is CC1(C)c2ccccc2-c2cc(N3c4ccc(-c5nc6ccccc6o5)cc4Sc4cc(-c5nc6ccccc6o5)ccc43)ccc21. The molecule has 3 heterocycles. The summed E-state index contributed by atoms with van der Waals surface area (Å²) >= 11 is 1.75. The molecule has 8 aromatic rings. The second-order valence-electron chi connectivity index (χ2n) is 12.7. The Hall–Kier alpha value is -5.59. The minimum Gasteiger partial charge on any atom is -0.436 e. The van der Waals surface area contributed by atoms with E-state index < -0.39 is 0 Å². The molecule has 0 saturated heterocycles. The molecule has 47 heavy (non-hydrogen) atoms. The molecule has 0 N–H and O–H groups in total. The Labute approximate surface area is 275 Å². The van der Waals surface area contributed by atoms with Gasteiger partial charge in [-0.2, -0.15) is 0 Å². The molecule has 0 fully saturated rings. The first kappa shape index (κ1) is 26.6. The smallest absolute Gasteiger partial charge is 0.227 e. The summed E-state index contributed by atoms with van der Waals surface area (Å²) in [5, 5.41) is 0. The summed E-state index contributed by atoms with van der Waals surface area (Å²) in [7, 11) is 0. The third kappa shape index (κ3) is 3.98. The Morgan fingerprint density at radius 2 is 1.11 bits per heavy atom. The minimum absolute atomic E-state index is 0.0546. The highest BCUT2D eigenvalue weighted by molar-refractivity contribution is 7.99. The molecule has 6 aromatic carbocycles. The monoisotopic (exact) mass is 625 g/mol. The van der Waals surface area contributed by atoms with Gasteiger partial charge in [-0.1, -0.05) is 80.2 Å². The zero-order chi connectivity index (χ0) is 31.3. The molecule has 0 unspecified atom stereocenters. The van der Waals surface area contributed by atoms with Crippen LogP contribution in [-0.4, -0.2) is 9.97 Å². The molecule has 0 amide bonds. The number of hydrogen-bond donors (Lipinski definition) is 0. The Morgan fingerprint density at radius 1 is 0.553 bits per heavy atom. The van der Waals surface area contributed by atoms with Crippen molar-refractivity contribution in [3.8, 4) is 34.0 Å². The van der Waals surface area contributed by atoms with Crippen molar-refractivity contribution >= 4 is 51.0 Å². The lowest BCUT2D eigenvalue weighted by Crippen LogP contribution is -2.17. The summed E-state index contributed by atoms with van der Waals surface area (Å²) in [5.41, 5.74) is 13.7. The fraction of sp³-hybridized carbons (Fsp3) is 0.0732. The molecule has 1 aliphatic heterocycles. The average molecular weight is 626 g/mol. The number of oxazole rings is 2. The van der Waals surface area contributed by atoms with E-state index in [9.17, 15) is 0 Å². The number of rotatable bonds is 3. The Balaban J connectivity index is 1.15. The zero-order valence-electron chi connectivity index (χ0n) is 25.7. The number of hydrogen-bond acceptors (Lipinski definition) is 6. The van der Waals surface area contributed by atoms with E-state index in [0.29, 0.717) is 11.8 Å². The number of fused-ring (bicyclic) bond motifs is 7. The fourth-order valence-electron chi connectivity index (χ4n) is 7.19. The molecule has 10 rings (SSSR count). The predicted octanol–water partition coefficient (Wildman–Crippen LogP) is 11.5. The van der Waals surface area contributed by atoms with Crippen LogP contribution in [0.5, 0.6) is 0 Å². The largest absolute Gasteiger partial charge is 0.436 e. The molecule has 6 heteroatoms. The summed E-state index contributed by atoms with van der Waals surface area (Å²) in [4.78, 5) is 14.2. The van der Waals surface area contributed by atoms with Crippen molar-refractivity contribution in [1.82, 2.24) is 9.97 Å². The lowest BCUT2D eigenvalue weighted by atomic mass is 9.82. The van der Waals surface area contributed by atoms with Gasteiger partial charge < -0.3 is 13.7 Å². The zero-order valence-corrected chi connectivity index (χ0v) is 26.5. The van der Waals surface area contributed by atoms with Gasteiger partial charge in [0, 0.05) is 32.0 Å². The maximum atomic E-state index is 6.18. The van der Waals surface area contributed by atoms with Gasteiger partial charge in [-0.05, 0) is 95.1 Å². The third-order valence-corrected chi connectivity index (χ3v) is 10.6. The van der Waals surface area contributed by atoms with E-state index in [1.165, 1.54) is 22.3 Å². The van der Waals surface area contributed by atoms with Gasteiger partial charge in [0.1, 0.15) is 11.0 Å². The van der Waals surface area contributed by atoms with Gasteiger partial charge in [0.25, 0.3) is 0 Å². The second-order valence-corrected chi connectivity index (χ2v) is 13.8. The number of para-hydroxylation sites is 4. The molecule has 224 valence electrons. The van der Waals surface area contributed by atoms with Gasteiger partial charge in [0.2, 0.25) is 11.8 Å². The minimum atomic E-state index is -0.0546. The van der Waals surface area contributed by atoms with E-state index in [1.54, 1.807) is 11.8 Å². The number of anilines is 3. The van der Waals surface area contributed by atoms with Crippen LogP contribution in [0.1, 0.15) is 25.0 Å². The van der Waals surface area contributed by atoms with Crippen molar-refractivity contribution in [1.29, 1.82) is 0 Å². The van der Waals surface area contributed by atoms with Crippen LogP contribution in [0.4, 0.5) is 17.1 Å². The Morgan fingerprint density at radius 3 is 1.72 bits per heavy atom. The molecular weight excluding hydrogens is 599 g/mol. The van der Waals surface area contributed by atoms with Gasteiger partial charge in [-0.15, -0.1) is 0 Å². The lowest BCUT2D eigenvalue weighted by Gasteiger charge is -2.34. The fourth-order valence-corrected chi connectivity index (χ4v) is 8.33. The topological polar surface area (TPSA) is 55.3 Å². The predicted molar refractivity (Wildman–Crippen MR) is 189 cm³/mol. The van der Waals surface area contributed by atoms with Gasteiger partial charge in [0.15, 0.2) is 11.2 Å². The van der Waals surface area contributed by atoms with Gasteiger partial charge in [-0.3, -0.25) is 0 Å². The Kier molecular flexibility index (Phi) is 5.50. The van der Waals surface area contributed by atoms with Crippen molar-refractivity contribution in [2.75, 3.05) is 4.90 Å². The molecule has 0 spiro atoms. The van der Waals surface area contributed by atoms with E-state index in [1.807, 2.05) is 48.5 Å². The molecule has 1 aliphatic carbocycles. The quantitative estimate of drug-likeness (QED) is 0.195. The van der Waals surface area contributed by atoms with Crippen LogP contribution in [0.3, 0.4) is 0 Å². The van der Waals surface area contributed by atoms with Crippen molar-refractivity contribution in [2.24, 2.45) is 0 Å². The molecule has 2 aliphatic rings. The molecule has 0 atom stereocenters. The first-order valence-electron chi connectivity index (χ1n) is 15.7. The highest BCUT2D eigenvalue weighted by atomic mass is 32.2. The van der Waals surface area contributed by atoms with E-state index >= 15 is 0 Å². The van der Waals surface area contributed by atoms with Gasteiger partial charge in [0.05, 0.1) is 11.4 Å². The summed E-state index contributed by atoms with van der Waals surface area (Å²) in [6.45, 7) is 4.64. The molecule has 0 radical (unpaired) electrons. The lowest BCUT2D eigenvalue weighted by molar-refractivity contribution is 0.619. The van der Waals surface area contributed by atoms with Crippen LogP contribution in [0, 0.1) is 0 Å². The van der Waals surface area contributed by atoms with E-state index in [2.05, 4.69) is 97.6 Å². The average Bonchev–Trinajstić information content (AvgIpc) is 3.80. The van der Waals surface area contributed by atoms with Crippen LogP contribution in [0.2, 0.25) is 0 Å². The van der Waals surface area contributed by atoms with E-state index in [4.69, 9.17) is 18.8 Å². The summed E-state index contributed by atoms with van der Waals surface area (Å²) in [6.07, 6.45) is 0. The van der Waals surface area contributed by atoms with Crippen molar-refractivity contribution in [3.63, 3.8) is 0 Å². The van der Waals surface area contributed by atoms with Crippen LogP contribution in [0.15, 0.2) is 146 Å². The number of aromatic nitrogens is 2. The Bertz CT molecular complexity index is 2370. The van der Waals surface area contributed by atoms with Crippen molar-refractivity contribution in [3.05, 3.63) is 139 Å². The molecule has 2 aromatic heterocycles. The van der Waals surface area contributed by atoms with Crippen LogP contribution < -0.4 is 4.90 Å². The summed E-state index contributed by atoms with van der Waals surface area (Å²) in [5.74, 6) is 1.23. The summed E-state index contributed by atoms with van der Waals surface area (Å²) < 4.78 is 12.4. The normalized spacial score (nSPS) is 14.2. The first-order chi connectivity index (χ1) is 23.0. The highest BCUT2D eigenvalue weighted by Crippen LogP contribution is 2.55. The maximum Gasteiger partial charge on any atom is 0.227 e. The number of nitrogens with zero attached hydrogens (tertiary/aromatic N) is 3. The molecule has 0 bridgehead atoms. The van der Waals surface area contributed by atoms with Gasteiger partial charge >= 0.3 is 0 Å². The van der Waals surface area contributed by atoms with E-state index in [-0.39, 0.29) is 5.41 Å². The maximum absolute atomic E-state index is 6.18. The van der Waals surface area contributed by atoms with Crippen molar-refractivity contribution in [2.45, 2.75) is 29.1 Å². The van der Waals surface area contributed by atoms with E-state index in [0.717, 1.165) is 60.2 Å². The highest BCUT2D eigenvalue weighted by Gasteiger charge is 2.36. The van der Waals surface area contributed by atoms with Gasteiger partial charge in [-0.25, -0.2) is 9.97 Å². The van der Waals surface area contributed by atoms with Crippen LogP contribution in [-0.2, 0) is 5.41 Å². The van der Waals surface area contributed by atoms with Crippen LogP contribution >= 0.6 is 11.8 Å². The third-order valence-electron chi connectivity index (χ3n) is 9.53. The number of benzene rings is 6. The molecular formula is C41H27N3O2S. The first-order valence-corrected chi connectivity index (χ1v) is 16.6.